The van der Waals surface area contributed by atoms with Gasteiger partial charge >= 0.3 is 6.09 Å². The van der Waals surface area contributed by atoms with Gasteiger partial charge in [0.25, 0.3) is 0 Å². The summed E-state index contributed by atoms with van der Waals surface area (Å²) < 4.78 is 5.50. The van der Waals surface area contributed by atoms with Gasteiger partial charge in [-0.25, -0.2) is 4.79 Å². The predicted molar refractivity (Wildman–Crippen MR) is 95.7 cm³/mol. The Morgan fingerprint density at radius 3 is 2.36 bits per heavy atom. The number of ether oxygens (including phenoxy) is 1. The highest BCUT2D eigenvalue weighted by molar-refractivity contribution is 9.09. The molecule has 3 nitrogen and oxygen atoms in total. The Labute approximate surface area is 147 Å². The standard InChI is InChI=1S/C17H25BrClNO2/c1-17(2,3)22-16(21)20(12-6-4-5-11-18)13-14-7-9-15(19)10-8-14/h7-10H,4-6,11-13H2,1-3H3. The Balaban J connectivity index is 2.67. The van der Waals surface area contributed by atoms with Crippen molar-refractivity contribution >= 4 is 33.6 Å². The van der Waals surface area contributed by atoms with Gasteiger partial charge in [0.05, 0.1) is 0 Å². The maximum absolute atomic E-state index is 12.4. The second-order valence-electron chi connectivity index (χ2n) is 6.28. The van der Waals surface area contributed by atoms with Crippen LogP contribution in [0.5, 0.6) is 0 Å². The van der Waals surface area contributed by atoms with Gasteiger partial charge in [-0.3, -0.25) is 0 Å². The van der Waals surface area contributed by atoms with Gasteiger partial charge in [-0.05, 0) is 51.3 Å². The molecule has 0 heterocycles. The lowest BCUT2D eigenvalue weighted by molar-refractivity contribution is 0.0230. The van der Waals surface area contributed by atoms with E-state index in [0.29, 0.717) is 18.1 Å². The van der Waals surface area contributed by atoms with Gasteiger partial charge in [-0.1, -0.05) is 46.1 Å². The molecule has 0 aliphatic heterocycles. The van der Waals surface area contributed by atoms with Crippen LogP contribution in [0.3, 0.4) is 0 Å². The minimum atomic E-state index is -0.481. The van der Waals surface area contributed by atoms with E-state index in [1.54, 1.807) is 4.90 Å². The average molecular weight is 391 g/mol. The van der Waals surface area contributed by atoms with Crippen LogP contribution in [0.15, 0.2) is 24.3 Å². The van der Waals surface area contributed by atoms with E-state index in [1.165, 1.54) is 0 Å². The van der Waals surface area contributed by atoms with E-state index in [4.69, 9.17) is 16.3 Å². The van der Waals surface area contributed by atoms with E-state index >= 15 is 0 Å². The van der Waals surface area contributed by atoms with Crippen LogP contribution in [0.25, 0.3) is 0 Å². The summed E-state index contributed by atoms with van der Waals surface area (Å²) in [6.45, 7) is 6.90. The van der Waals surface area contributed by atoms with Crippen molar-refractivity contribution in [1.82, 2.24) is 4.90 Å². The fraction of sp³-hybridized carbons (Fsp3) is 0.588. The molecule has 0 atom stereocenters. The second kappa shape index (κ2) is 9.41. The van der Waals surface area contributed by atoms with Crippen LogP contribution in [-0.2, 0) is 11.3 Å². The summed E-state index contributed by atoms with van der Waals surface area (Å²) in [7, 11) is 0. The molecular formula is C17H25BrClNO2. The first-order valence-corrected chi connectivity index (χ1v) is 9.10. The predicted octanol–water partition coefficient (Wildman–Crippen LogP) is 5.64. The lowest BCUT2D eigenvalue weighted by Gasteiger charge is -2.27. The molecule has 0 unspecified atom stereocenters. The second-order valence-corrected chi connectivity index (χ2v) is 7.51. The van der Waals surface area contributed by atoms with Crippen LogP contribution < -0.4 is 0 Å². The number of nitrogens with zero attached hydrogens (tertiary/aromatic N) is 1. The number of carbonyl (C=O) groups is 1. The van der Waals surface area contributed by atoms with Gasteiger partial charge in [0.2, 0.25) is 0 Å². The largest absolute Gasteiger partial charge is 0.444 e. The van der Waals surface area contributed by atoms with Crippen LogP contribution in [0, 0.1) is 0 Å². The maximum Gasteiger partial charge on any atom is 0.410 e. The normalized spacial score (nSPS) is 11.3. The Morgan fingerprint density at radius 2 is 1.82 bits per heavy atom. The van der Waals surface area contributed by atoms with Crippen molar-refractivity contribution in [3.63, 3.8) is 0 Å². The Morgan fingerprint density at radius 1 is 1.18 bits per heavy atom. The van der Waals surface area contributed by atoms with Crippen LogP contribution in [0.4, 0.5) is 4.79 Å². The zero-order chi connectivity index (χ0) is 16.6. The molecule has 1 aromatic carbocycles. The Bertz CT molecular complexity index is 457. The van der Waals surface area contributed by atoms with Crippen molar-refractivity contribution in [1.29, 1.82) is 0 Å². The molecule has 22 heavy (non-hydrogen) atoms. The minimum absolute atomic E-state index is 0.263. The lowest BCUT2D eigenvalue weighted by atomic mass is 10.2. The number of hydrogen-bond acceptors (Lipinski definition) is 2. The molecule has 0 spiro atoms. The zero-order valence-electron chi connectivity index (χ0n) is 13.6. The van der Waals surface area contributed by atoms with Crippen LogP contribution in [-0.4, -0.2) is 28.5 Å². The molecule has 0 fully saturated rings. The lowest BCUT2D eigenvalue weighted by Crippen LogP contribution is -2.37. The first-order valence-electron chi connectivity index (χ1n) is 7.60. The van der Waals surface area contributed by atoms with E-state index in [0.717, 1.165) is 30.2 Å². The third-order valence-corrected chi connectivity index (χ3v) is 3.81. The van der Waals surface area contributed by atoms with Gasteiger partial charge in [-0.2, -0.15) is 0 Å². The smallest absolute Gasteiger partial charge is 0.410 e. The summed E-state index contributed by atoms with van der Waals surface area (Å²) in [6, 6.07) is 7.57. The number of benzene rings is 1. The fourth-order valence-electron chi connectivity index (χ4n) is 1.95. The quantitative estimate of drug-likeness (QED) is 0.445. The third-order valence-electron chi connectivity index (χ3n) is 3.00. The van der Waals surface area contributed by atoms with Crippen molar-refractivity contribution < 1.29 is 9.53 Å². The van der Waals surface area contributed by atoms with Crippen molar-refractivity contribution in [2.75, 3.05) is 11.9 Å². The molecule has 124 valence electrons. The number of rotatable bonds is 7. The topological polar surface area (TPSA) is 29.5 Å². The molecular weight excluding hydrogens is 366 g/mol. The molecule has 0 bridgehead atoms. The number of carbonyl (C=O) groups excluding carboxylic acids is 1. The molecule has 0 saturated carbocycles. The van der Waals surface area contributed by atoms with E-state index in [-0.39, 0.29) is 6.09 Å². The molecule has 0 aromatic heterocycles. The third kappa shape index (κ3) is 8.04. The average Bonchev–Trinajstić information content (AvgIpc) is 2.42. The van der Waals surface area contributed by atoms with Gasteiger partial charge in [0.15, 0.2) is 0 Å². The summed E-state index contributed by atoms with van der Waals surface area (Å²) >= 11 is 9.33. The van der Waals surface area contributed by atoms with Gasteiger partial charge < -0.3 is 9.64 Å². The maximum atomic E-state index is 12.4. The molecule has 1 rings (SSSR count). The molecule has 0 N–H and O–H groups in total. The molecule has 0 radical (unpaired) electrons. The molecule has 1 amide bonds. The Kier molecular flexibility index (Phi) is 8.26. The molecule has 0 aliphatic rings. The van der Waals surface area contributed by atoms with Gasteiger partial charge in [0.1, 0.15) is 5.60 Å². The first-order chi connectivity index (χ1) is 10.3. The number of unbranched alkanes of at least 4 members (excludes halogenated alkanes) is 2. The number of alkyl halides is 1. The molecule has 0 saturated heterocycles. The van der Waals surface area contributed by atoms with E-state index in [2.05, 4.69) is 15.9 Å². The Hall–Kier alpha value is -0.740. The van der Waals surface area contributed by atoms with Crippen LogP contribution >= 0.6 is 27.5 Å². The highest BCUT2D eigenvalue weighted by atomic mass is 79.9. The van der Waals surface area contributed by atoms with Gasteiger partial charge in [0, 0.05) is 23.4 Å². The number of hydrogen-bond donors (Lipinski definition) is 0. The van der Waals surface area contributed by atoms with E-state index in [1.807, 2.05) is 45.0 Å². The molecule has 0 aliphatic carbocycles. The van der Waals surface area contributed by atoms with E-state index < -0.39 is 5.60 Å². The van der Waals surface area contributed by atoms with Crippen molar-refractivity contribution in [3.8, 4) is 0 Å². The number of amides is 1. The monoisotopic (exact) mass is 389 g/mol. The van der Waals surface area contributed by atoms with Gasteiger partial charge in [-0.15, -0.1) is 0 Å². The van der Waals surface area contributed by atoms with Crippen molar-refractivity contribution in [2.45, 2.75) is 52.2 Å². The number of halogens is 2. The van der Waals surface area contributed by atoms with Crippen LogP contribution in [0.1, 0.15) is 45.6 Å². The SMILES string of the molecule is CC(C)(C)OC(=O)N(CCCCCBr)Cc1ccc(Cl)cc1. The summed E-state index contributed by atoms with van der Waals surface area (Å²) in [4.78, 5) is 14.1. The van der Waals surface area contributed by atoms with Crippen LogP contribution in [0.2, 0.25) is 5.02 Å². The van der Waals surface area contributed by atoms with Crippen molar-refractivity contribution in [3.05, 3.63) is 34.9 Å². The minimum Gasteiger partial charge on any atom is -0.444 e. The van der Waals surface area contributed by atoms with E-state index in [9.17, 15) is 4.79 Å². The highest BCUT2D eigenvalue weighted by Crippen LogP contribution is 2.16. The summed E-state index contributed by atoms with van der Waals surface area (Å²) in [5, 5.41) is 1.70. The highest BCUT2D eigenvalue weighted by Gasteiger charge is 2.22. The van der Waals surface area contributed by atoms with Crippen molar-refractivity contribution in [2.24, 2.45) is 0 Å². The summed E-state index contributed by atoms with van der Waals surface area (Å²) in [5.74, 6) is 0. The fourth-order valence-corrected chi connectivity index (χ4v) is 2.47. The molecule has 1 aromatic rings. The zero-order valence-corrected chi connectivity index (χ0v) is 15.9. The summed E-state index contributed by atoms with van der Waals surface area (Å²) in [5.41, 5.74) is 0.571. The molecule has 5 heteroatoms. The summed E-state index contributed by atoms with van der Waals surface area (Å²) in [6.07, 6.45) is 2.91. The first kappa shape index (κ1) is 19.3.